The molecule has 0 bridgehead atoms. The van der Waals surface area contributed by atoms with Crippen molar-refractivity contribution in [1.82, 2.24) is 19.8 Å². The van der Waals surface area contributed by atoms with Gasteiger partial charge >= 0.3 is 0 Å². The van der Waals surface area contributed by atoms with E-state index in [4.69, 9.17) is 0 Å². The van der Waals surface area contributed by atoms with Crippen LogP contribution < -0.4 is 0 Å². The summed E-state index contributed by atoms with van der Waals surface area (Å²) in [5.74, 6) is 0.0907. The van der Waals surface area contributed by atoms with Gasteiger partial charge in [0, 0.05) is 31.4 Å². The van der Waals surface area contributed by atoms with Crippen molar-refractivity contribution in [2.45, 2.75) is 25.0 Å². The van der Waals surface area contributed by atoms with Gasteiger partial charge in [-0.05, 0) is 20.5 Å². The number of β-amino-alcohol motifs (C(OH)–C–C–N with tert-alkyl or cyclic N) is 1. The van der Waals surface area contributed by atoms with Crippen LogP contribution in [0, 0.1) is 0 Å². The van der Waals surface area contributed by atoms with Crippen LogP contribution in [0.1, 0.15) is 12.1 Å². The Kier molecular flexibility index (Phi) is 3.98. The fourth-order valence-corrected chi connectivity index (χ4v) is 2.30. The van der Waals surface area contributed by atoms with E-state index in [0.717, 1.165) is 5.69 Å². The summed E-state index contributed by atoms with van der Waals surface area (Å²) in [6.07, 6.45) is 4.01. The largest absolute Gasteiger partial charge is 0.390 e. The van der Waals surface area contributed by atoms with E-state index in [1.165, 1.54) is 0 Å². The molecule has 2 rings (SSSR count). The number of hydrogen-bond donors (Lipinski definition) is 2. The molecule has 1 aromatic heterocycles. The minimum Gasteiger partial charge on any atom is -0.390 e. The second-order valence-electron chi connectivity index (χ2n) is 4.97. The zero-order valence-electron chi connectivity index (χ0n) is 10.8. The summed E-state index contributed by atoms with van der Waals surface area (Å²) in [7, 11) is 3.85. The van der Waals surface area contributed by atoms with Crippen LogP contribution >= 0.6 is 0 Å². The monoisotopic (exact) mass is 252 g/mol. The van der Waals surface area contributed by atoms with Gasteiger partial charge in [-0.15, -0.1) is 0 Å². The molecule has 6 nitrogen and oxygen atoms in total. The zero-order valence-corrected chi connectivity index (χ0v) is 10.8. The van der Waals surface area contributed by atoms with E-state index in [1.807, 2.05) is 19.0 Å². The number of nitrogens with zero attached hydrogens (tertiary/aromatic N) is 3. The maximum absolute atomic E-state index is 12.0. The molecule has 0 aromatic carbocycles. The third-order valence-corrected chi connectivity index (χ3v) is 3.44. The number of H-pyrrole nitrogens is 1. The van der Waals surface area contributed by atoms with Crippen molar-refractivity contribution in [3.05, 3.63) is 18.2 Å². The summed E-state index contributed by atoms with van der Waals surface area (Å²) in [5.41, 5.74) is 0.965. The van der Waals surface area contributed by atoms with Crippen molar-refractivity contribution >= 4 is 5.91 Å². The lowest BCUT2D eigenvalue weighted by Gasteiger charge is -2.21. The summed E-state index contributed by atoms with van der Waals surface area (Å²) in [4.78, 5) is 22.6. The Balaban J connectivity index is 1.83. The molecular formula is C12H20N4O2. The number of rotatable bonds is 4. The lowest BCUT2D eigenvalue weighted by molar-refractivity contribution is -0.130. The first kappa shape index (κ1) is 13.0. The van der Waals surface area contributed by atoms with Gasteiger partial charge in [0.05, 0.1) is 18.5 Å². The molecule has 0 radical (unpaired) electrons. The number of amides is 1. The highest BCUT2D eigenvalue weighted by atomic mass is 16.3. The fourth-order valence-electron chi connectivity index (χ4n) is 2.30. The Labute approximate surface area is 107 Å². The first-order chi connectivity index (χ1) is 8.58. The van der Waals surface area contributed by atoms with Crippen LogP contribution in [0.5, 0.6) is 0 Å². The van der Waals surface area contributed by atoms with Crippen molar-refractivity contribution in [3.63, 3.8) is 0 Å². The molecule has 0 spiro atoms. The smallest absolute Gasteiger partial charge is 0.223 e. The van der Waals surface area contributed by atoms with Gasteiger partial charge in [-0.1, -0.05) is 0 Å². The summed E-state index contributed by atoms with van der Waals surface area (Å²) < 4.78 is 0. The maximum atomic E-state index is 12.0. The number of carbonyl (C=O) groups excluding carboxylic acids is 1. The average molecular weight is 252 g/mol. The van der Waals surface area contributed by atoms with Crippen LogP contribution in [0.3, 0.4) is 0 Å². The number of carbonyl (C=O) groups is 1. The van der Waals surface area contributed by atoms with Gasteiger partial charge in [0.2, 0.25) is 5.91 Å². The van der Waals surface area contributed by atoms with E-state index < -0.39 is 6.10 Å². The van der Waals surface area contributed by atoms with Gasteiger partial charge in [-0.25, -0.2) is 4.98 Å². The highest BCUT2D eigenvalue weighted by Crippen LogP contribution is 2.15. The van der Waals surface area contributed by atoms with Crippen LogP contribution in [0.2, 0.25) is 0 Å². The number of aryl methyl sites for hydroxylation is 1. The van der Waals surface area contributed by atoms with E-state index in [2.05, 4.69) is 9.97 Å². The number of aromatic amines is 1. The summed E-state index contributed by atoms with van der Waals surface area (Å²) in [6.45, 7) is 1.04. The van der Waals surface area contributed by atoms with E-state index >= 15 is 0 Å². The van der Waals surface area contributed by atoms with Crippen LogP contribution in [-0.2, 0) is 11.2 Å². The predicted molar refractivity (Wildman–Crippen MR) is 67.0 cm³/mol. The van der Waals surface area contributed by atoms with E-state index in [9.17, 15) is 9.90 Å². The highest BCUT2D eigenvalue weighted by molar-refractivity contribution is 5.76. The Morgan fingerprint density at radius 2 is 2.39 bits per heavy atom. The number of imidazole rings is 1. The molecule has 2 heterocycles. The van der Waals surface area contributed by atoms with Gasteiger partial charge in [0.15, 0.2) is 0 Å². The fraction of sp³-hybridized carbons (Fsp3) is 0.667. The number of hydrogen-bond acceptors (Lipinski definition) is 4. The number of likely N-dealkylation sites (tertiary alicyclic amines) is 1. The third kappa shape index (κ3) is 2.88. The van der Waals surface area contributed by atoms with Crippen molar-refractivity contribution in [2.24, 2.45) is 0 Å². The second-order valence-corrected chi connectivity index (χ2v) is 4.97. The third-order valence-electron chi connectivity index (χ3n) is 3.44. The zero-order chi connectivity index (χ0) is 13.1. The number of aromatic nitrogens is 2. The van der Waals surface area contributed by atoms with Gasteiger partial charge in [0.1, 0.15) is 0 Å². The number of nitrogens with one attached hydrogen (secondary N) is 1. The SMILES string of the molecule is CN(C)[C@H]1CN(C(=O)CCc2cnc[nH]2)C[C@@H]1O. The molecule has 0 saturated carbocycles. The molecule has 1 aliphatic rings. The van der Waals surface area contributed by atoms with Crippen LogP contribution in [0.4, 0.5) is 0 Å². The van der Waals surface area contributed by atoms with Gasteiger partial charge < -0.3 is 19.9 Å². The van der Waals surface area contributed by atoms with Crippen LogP contribution in [0.25, 0.3) is 0 Å². The molecule has 1 aliphatic heterocycles. The second kappa shape index (κ2) is 5.49. The minimum atomic E-state index is -0.448. The van der Waals surface area contributed by atoms with Crippen LogP contribution in [-0.4, -0.2) is 70.1 Å². The van der Waals surface area contributed by atoms with Crippen molar-refractivity contribution in [2.75, 3.05) is 27.2 Å². The van der Waals surface area contributed by atoms with Crippen molar-refractivity contribution in [1.29, 1.82) is 0 Å². The minimum absolute atomic E-state index is 0.0427. The van der Waals surface area contributed by atoms with Crippen molar-refractivity contribution < 1.29 is 9.90 Å². The first-order valence-electron chi connectivity index (χ1n) is 6.17. The number of likely N-dealkylation sites (N-methyl/N-ethyl adjacent to an activating group) is 1. The molecule has 1 saturated heterocycles. The van der Waals surface area contributed by atoms with E-state index in [1.54, 1.807) is 17.4 Å². The lowest BCUT2D eigenvalue weighted by atomic mass is 10.2. The normalized spacial score (nSPS) is 23.9. The molecule has 18 heavy (non-hydrogen) atoms. The lowest BCUT2D eigenvalue weighted by Crippen LogP contribution is -2.38. The summed E-state index contributed by atoms with van der Waals surface area (Å²) in [5, 5.41) is 9.88. The number of aliphatic hydroxyl groups is 1. The molecule has 6 heteroatoms. The van der Waals surface area contributed by atoms with Gasteiger partial charge in [-0.3, -0.25) is 4.79 Å². The Bertz CT molecular complexity index is 391. The Morgan fingerprint density at radius 3 is 2.94 bits per heavy atom. The molecule has 1 fully saturated rings. The van der Waals surface area contributed by atoms with Gasteiger partial charge in [0.25, 0.3) is 0 Å². The summed E-state index contributed by atoms with van der Waals surface area (Å²) >= 11 is 0. The van der Waals surface area contributed by atoms with Gasteiger partial charge in [-0.2, -0.15) is 0 Å². The quantitative estimate of drug-likeness (QED) is 0.756. The molecule has 100 valence electrons. The predicted octanol–water partition coefficient (Wildman–Crippen LogP) is -0.524. The Morgan fingerprint density at radius 1 is 1.61 bits per heavy atom. The Hall–Kier alpha value is -1.40. The molecule has 1 aromatic rings. The molecule has 0 unspecified atom stereocenters. The maximum Gasteiger partial charge on any atom is 0.223 e. The van der Waals surface area contributed by atoms with Crippen LogP contribution in [0.15, 0.2) is 12.5 Å². The average Bonchev–Trinajstić information content (AvgIpc) is 2.94. The topological polar surface area (TPSA) is 72.5 Å². The molecule has 2 atom stereocenters. The molecule has 1 amide bonds. The molecule has 2 N–H and O–H groups in total. The van der Waals surface area contributed by atoms with E-state index in [-0.39, 0.29) is 11.9 Å². The summed E-state index contributed by atoms with van der Waals surface area (Å²) in [6, 6.07) is 0.0427. The van der Waals surface area contributed by atoms with Crippen molar-refractivity contribution in [3.8, 4) is 0 Å². The first-order valence-corrected chi connectivity index (χ1v) is 6.17. The highest BCUT2D eigenvalue weighted by Gasteiger charge is 2.34. The molecule has 0 aliphatic carbocycles. The van der Waals surface area contributed by atoms with E-state index in [0.29, 0.717) is 25.9 Å². The number of aliphatic hydroxyl groups excluding tert-OH is 1. The molecular weight excluding hydrogens is 232 g/mol. The standard InChI is InChI=1S/C12H20N4O2/c1-15(2)10-6-16(7-11(10)17)12(18)4-3-9-5-13-8-14-9/h5,8,10-11,17H,3-4,6-7H2,1-2H3,(H,13,14)/t10-,11-/m0/s1.